The molecular formula is C17H15NO4. The lowest BCUT2D eigenvalue weighted by Gasteiger charge is -2.29. The van der Waals surface area contributed by atoms with Crippen LogP contribution in [0.2, 0.25) is 0 Å². The molecule has 3 rings (SSSR count). The predicted molar refractivity (Wildman–Crippen MR) is 80.7 cm³/mol. The molecular weight excluding hydrogens is 282 g/mol. The van der Waals surface area contributed by atoms with Crippen molar-refractivity contribution in [3.8, 4) is 5.75 Å². The van der Waals surface area contributed by atoms with Gasteiger partial charge in [0.2, 0.25) is 6.54 Å². The number of carbonyl (C=O) groups is 1. The molecule has 0 bridgehead atoms. The third-order valence-electron chi connectivity index (χ3n) is 3.95. The smallest absolute Gasteiger partial charge is 0.211 e. The van der Waals surface area contributed by atoms with Gasteiger partial charge in [-0.3, -0.25) is 14.9 Å². The van der Waals surface area contributed by atoms with Crippen LogP contribution in [0.1, 0.15) is 23.0 Å². The number of benzene rings is 2. The molecule has 0 spiro atoms. The minimum Gasteiger partial charge on any atom is -0.486 e. The van der Waals surface area contributed by atoms with Crippen LogP contribution < -0.4 is 4.74 Å². The first-order valence-electron chi connectivity index (χ1n) is 7.08. The van der Waals surface area contributed by atoms with Gasteiger partial charge in [-0.15, -0.1) is 0 Å². The van der Waals surface area contributed by atoms with E-state index >= 15 is 0 Å². The number of rotatable bonds is 4. The fraction of sp³-hybridized carbons (Fsp3) is 0.235. The summed E-state index contributed by atoms with van der Waals surface area (Å²) in [5.74, 6) is -0.516. The Morgan fingerprint density at radius 2 is 1.82 bits per heavy atom. The zero-order valence-corrected chi connectivity index (χ0v) is 11.8. The molecule has 1 aliphatic heterocycles. The number of para-hydroxylation sites is 1. The molecule has 1 heterocycles. The summed E-state index contributed by atoms with van der Waals surface area (Å²) >= 11 is 0. The number of nitro groups is 1. The van der Waals surface area contributed by atoms with Crippen molar-refractivity contribution in [2.75, 3.05) is 13.2 Å². The summed E-state index contributed by atoms with van der Waals surface area (Å²) in [7, 11) is 0. The number of ketones is 1. The monoisotopic (exact) mass is 297 g/mol. The Hall–Kier alpha value is -2.69. The number of ether oxygens (including phenoxy) is 1. The molecule has 0 aliphatic carbocycles. The third-order valence-corrected chi connectivity index (χ3v) is 3.95. The van der Waals surface area contributed by atoms with E-state index in [9.17, 15) is 14.9 Å². The number of fused-ring (bicyclic) bond motifs is 1. The molecule has 2 aromatic rings. The van der Waals surface area contributed by atoms with E-state index in [1.54, 1.807) is 6.07 Å². The normalized spacial score (nSPS) is 18.2. The lowest BCUT2D eigenvalue weighted by Crippen LogP contribution is -2.33. The molecule has 22 heavy (non-hydrogen) atoms. The fourth-order valence-corrected chi connectivity index (χ4v) is 2.99. The van der Waals surface area contributed by atoms with E-state index in [4.69, 9.17) is 4.74 Å². The maximum Gasteiger partial charge on any atom is 0.211 e. The molecule has 112 valence electrons. The minimum atomic E-state index is -0.544. The molecule has 0 aromatic heterocycles. The van der Waals surface area contributed by atoms with Crippen molar-refractivity contribution in [2.24, 2.45) is 0 Å². The molecule has 5 nitrogen and oxygen atoms in total. The zero-order valence-electron chi connectivity index (χ0n) is 11.8. The number of nitrogens with zero attached hydrogens (tertiary/aromatic N) is 1. The van der Waals surface area contributed by atoms with E-state index in [0.717, 1.165) is 11.1 Å². The molecule has 2 unspecified atom stereocenters. The maximum absolute atomic E-state index is 12.4. The first-order valence-corrected chi connectivity index (χ1v) is 7.08. The van der Waals surface area contributed by atoms with Gasteiger partial charge < -0.3 is 4.74 Å². The van der Waals surface area contributed by atoms with Gasteiger partial charge in [0.05, 0.1) is 11.8 Å². The third kappa shape index (κ3) is 2.70. The quantitative estimate of drug-likeness (QED) is 0.642. The Bertz CT molecular complexity index is 699. The molecule has 2 atom stereocenters. The largest absolute Gasteiger partial charge is 0.486 e. The van der Waals surface area contributed by atoms with Crippen LogP contribution in [0.3, 0.4) is 0 Å². The summed E-state index contributed by atoms with van der Waals surface area (Å²) in [5.41, 5.74) is 1.53. The van der Waals surface area contributed by atoms with Crippen molar-refractivity contribution < 1.29 is 14.5 Å². The Morgan fingerprint density at radius 3 is 2.55 bits per heavy atom. The molecule has 2 aromatic carbocycles. The van der Waals surface area contributed by atoms with Gasteiger partial charge in [-0.2, -0.15) is 0 Å². The average Bonchev–Trinajstić information content (AvgIpc) is 2.54. The molecule has 1 aliphatic rings. The second-order valence-electron chi connectivity index (χ2n) is 5.30. The number of hydrogen-bond donors (Lipinski definition) is 0. The first-order chi connectivity index (χ1) is 10.7. The summed E-state index contributed by atoms with van der Waals surface area (Å²) in [5, 5.41) is 11.1. The summed E-state index contributed by atoms with van der Waals surface area (Å²) in [6, 6.07) is 16.4. The van der Waals surface area contributed by atoms with Gasteiger partial charge in [0.25, 0.3) is 0 Å². The van der Waals surface area contributed by atoms with Crippen LogP contribution in [-0.4, -0.2) is 23.9 Å². The highest BCUT2D eigenvalue weighted by molar-refractivity contribution is 5.90. The Balaban J connectivity index is 2.07. The summed E-state index contributed by atoms with van der Waals surface area (Å²) < 4.78 is 5.44. The fourth-order valence-electron chi connectivity index (χ4n) is 2.99. The van der Waals surface area contributed by atoms with Gasteiger partial charge in [-0.05, 0) is 11.6 Å². The van der Waals surface area contributed by atoms with E-state index in [-0.39, 0.29) is 23.9 Å². The molecule has 0 radical (unpaired) electrons. The zero-order chi connectivity index (χ0) is 15.5. The van der Waals surface area contributed by atoms with Crippen molar-refractivity contribution in [3.63, 3.8) is 0 Å². The van der Waals surface area contributed by atoms with E-state index in [1.807, 2.05) is 48.5 Å². The van der Waals surface area contributed by atoms with Crippen molar-refractivity contribution >= 4 is 5.78 Å². The lowest BCUT2D eigenvalue weighted by atomic mass is 9.77. The predicted octanol–water partition coefficient (Wildman–Crippen LogP) is 2.79. The second kappa shape index (κ2) is 5.97. The van der Waals surface area contributed by atoms with Crippen molar-refractivity contribution in [1.29, 1.82) is 0 Å². The van der Waals surface area contributed by atoms with Gasteiger partial charge in [0.1, 0.15) is 12.4 Å². The van der Waals surface area contributed by atoms with Crippen LogP contribution in [0, 0.1) is 10.1 Å². The Kier molecular flexibility index (Phi) is 3.87. The number of Topliss-reactive ketones (excluding diaryl/α,β-unsaturated/α-hetero) is 1. The number of carbonyl (C=O) groups excluding carboxylic acids is 1. The van der Waals surface area contributed by atoms with E-state index in [2.05, 4.69) is 0 Å². The lowest BCUT2D eigenvalue weighted by molar-refractivity contribution is -0.483. The molecule has 0 fully saturated rings. The highest BCUT2D eigenvalue weighted by Crippen LogP contribution is 2.40. The van der Waals surface area contributed by atoms with Crippen LogP contribution >= 0.6 is 0 Å². The standard InChI is InChI=1S/C17H15NO4/c19-15-11-22-16-9-5-4-8-13(16)17(15)14(10-18(20)21)12-6-2-1-3-7-12/h1-9,14,17H,10-11H2. The van der Waals surface area contributed by atoms with E-state index in [0.29, 0.717) is 5.75 Å². The van der Waals surface area contributed by atoms with Crippen LogP contribution in [-0.2, 0) is 4.79 Å². The summed E-state index contributed by atoms with van der Waals surface area (Å²) in [6.45, 7) is -0.322. The van der Waals surface area contributed by atoms with E-state index in [1.165, 1.54) is 0 Å². The highest BCUT2D eigenvalue weighted by Gasteiger charge is 2.38. The van der Waals surface area contributed by atoms with Gasteiger partial charge >= 0.3 is 0 Å². The minimum absolute atomic E-state index is 0.0390. The van der Waals surface area contributed by atoms with Crippen molar-refractivity contribution in [2.45, 2.75) is 11.8 Å². The van der Waals surface area contributed by atoms with Crippen LogP contribution in [0.25, 0.3) is 0 Å². The molecule has 0 saturated heterocycles. The average molecular weight is 297 g/mol. The van der Waals surface area contributed by atoms with Crippen LogP contribution in [0.5, 0.6) is 5.75 Å². The van der Waals surface area contributed by atoms with Crippen molar-refractivity contribution in [1.82, 2.24) is 0 Å². The first kappa shape index (κ1) is 14.3. The Labute approximate surface area is 127 Å². The molecule has 0 saturated carbocycles. The van der Waals surface area contributed by atoms with Gasteiger partial charge in [-0.25, -0.2) is 0 Å². The van der Waals surface area contributed by atoms with Crippen LogP contribution in [0.15, 0.2) is 54.6 Å². The van der Waals surface area contributed by atoms with E-state index < -0.39 is 11.8 Å². The number of hydrogen-bond acceptors (Lipinski definition) is 4. The Morgan fingerprint density at radius 1 is 1.14 bits per heavy atom. The van der Waals surface area contributed by atoms with Gasteiger partial charge in [-0.1, -0.05) is 48.5 Å². The molecule has 0 amide bonds. The maximum atomic E-state index is 12.4. The van der Waals surface area contributed by atoms with Gasteiger partial charge in [0, 0.05) is 10.5 Å². The summed E-state index contributed by atoms with van der Waals surface area (Å²) in [6.07, 6.45) is 0. The van der Waals surface area contributed by atoms with Gasteiger partial charge in [0.15, 0.2) is 5.78 Å². The molecule has 5 heteroatoms. The molecule has 0 N–H and O–H groups in total. The topological polar surface area (TPSA) is 69.4 Å². The summed E-state index contributed by atoms with van der Waals surface area (Å²) in [4.78, 5) is 23.2. The van der Waals surface area contributed by atoms with Crippen LogP contribution in [0.4, 0.5) is 0 Å². The highest BCUT2D eigenvalue weighted by atomic mass is 16.6. The SMILES string of the molecule is O=C1COc2ccccc2C1C(C[N+](=O)[O-])c1ccccc1. The second-order valence-corrected chi connectivity index (χ2v) is 5.30. The van der Waals surface area contributed by atoms with Crippen molar-refractivity contribution in [3.05, 3.63) is 75.8 Å².